The number of carbonyl (C=O) groups is 2. The molecule has 0 bridgehead atoms. The first kappa shape index (κ1) is 17.0. The minimum absolute atomic E-state index is 0.290. The van der Waals surface area contributed by atoms with Crippen molar-refractivity contribution in [2.24, 2.45) is 5.73 Å². The Morgan fingerprint density at radius 2 is 1.87 bits per heavy atom. The van der Waals surface area contributed by atoms with Crippen LogP contribution in [0.15, 0.2) is 36.4 Å². The molecule has 0 atom stereocenters. The summed E-state index contributed by atoms with van der Waals surface area (Å²) in [6.45, 7) is 6.13. The smallest absolute Gasteiger partial charge is 0.251 e. The Bertz CT molecular complexity index is 743. The number of hydrogen-bond donors (Lipinski definition) is 2. The lowest BCUT2D eigenvalue weighted by atomic mass is 10.0. The highest BCUT2D eigenvalue weighted by molar-refractivity contribution is 7.16. The van der Waals surface area contributed by atoms with Gasteiger partial charge < -0.3 is 11.1 Å². The maximum absolute atomic E-state index is 12.0. The monoisotopic (exact) mass is 328 g/mol. The molecule has 5 heteroatoms. The molecule has 1 aromatic carbocycles. The number of primary amides is 1. The van der Waals surface area contributed by atoms with Crippen LogP contribution in [-0.4, -0.2) is 11.8 Å². The maximum atomic E-state index is 12.0. The van der Waals surface area contributed by atoms with E-state index < -0.39 is 5.91 Å². The van der Waals surface area contributed by atoms with E-state index >= 15 is 0 Å². The maximum Gasteiger partial charge on any atom is 0.251 e. The molecule has 0 aliphatic carbocycles. The summed E-state index contributed by atoms with van der Waals surface area (Å²) in [5, 5.41) is 3.19. The van der Waals surface area contributed by atoms with Crippen LogP contribution in [0.2, 0.25) is 0 Å². The van der Waals surface area contributed by atoms with Crippen LogP contribution in [0.25, 0.3) is 6.08 Å². The number of rotatable bonds is 5. The highest BCUT2D eigenvalue weighted by Gasteiger charge is 2.13. The van der Waals surface area contributed by atoms with E-state index in [1.54, 1.807) is 12.1 Å². The molecule has 2 aromatic rings. The molecule has 0 aliphatic rings. The van der Waals surface area contributed by atoms with Gasteiger partial charge >= 0.3 is 0 Å². The number of carbonyl (C=O) groups excluding carboxylic acids is 2. The van der Waals surface area contributed by atoms with Crippen LogP contribution in [0.1, 0.15) is 46.1 Å². The van der Waals surface area contributed by atoms with Crippen LogP contribution in [0.3, 0.4) is 0 Å². The van der Waals surface area contributed by atoms with Crippen molar-refractivity contribution in [2.75, 3.05) is 5.32 Å². The van der Waals surface area contributed by atoms with E-state index in [-0.39, 0.29) is 5.91 Å². The van der Waals surface area contributed by atoms with Crippen LogP contribution in [0.5, 0.6) is 0 Å². The Morgan fingerprint density at radius 1 is 1.22 bits per heavy atom. The largest absolute Gasteiger partial charge is 0.366 e. The third kappa shape index (κ3) is 4.53. The number of thiophene rings is 1. The van der Waals surface area contributed by atoms with Crippen LogP contribution >= 0.6 is 11.3 Å². The van der Waals surface area contributed by atoms with Gasteiger partial charge in [0.2, 0.25) is 5.91 Å². The molecule has 0 unspecified atom stereocenters. The molecule has 23 heavy (non-hydrogen) atoms. The van der Waals surface area contributed by atoms with E-state index in [0.717, 1.165) is 10.4 Å². The summed E-state index contributed by atoms with van der Waals surface area (Å²) in [4.78, 5) is 24.3. The van der Waals surface area contributed by atoms with Gasteiger partial charge in [-0.25, -0.2) is 0 Å². The van der Waals surface area contributed by atoms with E-state index in [2.05, 4.69) is 31.3 Å². The molecule has 2 rings (SSSR count). The van der Waals surface area contributed by atoms with Crippen molar-refractivity contribution in [3.05, 3.63) is 58.0 Å². The third-order valence-electron chi connectivity index (χ3n) is 3.39. The van der Waals surface area contributed by atoms with E-state index in [1.807, 2.05) is 19.1 Å². The van der Waals surface area contributed by atoms with Crippen LogP contribution in [0, 0.1) is 6.92 Å². The highest BCUT2D eigenvalue weighted by Crippen LogP contribution is 2.27. The average Bonchev–Trinajstić information content (AvgIpc) is 2.86. The van der Waals surface area contributed by atoms with Gasteiger partial charge in [0.05, 0.1) is 5.56 Å². The van der Waals surface area contributed by atoms with Crippen molar-refractivity contribution >= 4 is 34.2 Å². The zero-order chi connectivity index (χ0) is 17.0. The van der Waals surface area contributed by atoms with Crippen molar-refractivity contribution in [3.8, 4) is 0 Å². The van der Waals surface area contributed by atoms with E-state index in [0.29, 0.717) is 16.5 Å². The lowest BCUT2D eigenvalue weighted by Crippen LogP contribution is -2.14. The summed E-state index contributed by atoms with van der Waals surface area (Å²) in [7, 11) is 0. The summed E-state index contributed by atoms with van der Waals surface area (Å²) >= 11 is 1.33. The second kappa shape index (κ2) is 7.24. The minimum atomic E-state index is -0.544. The summed E-state index contributed by atoms with van der Waals surface area (Å²) in [6, 6.07) is 9.73. The molecule has 4 nitrogen and oxygen atoms in total. The Balaban J connectivity index is 2.06. The lowest BCUT2D eigenvalue weighted by molar-refractivity contribution is -0.111. The van der Waals surface area contributed by atoms with Crippen molar-refractivity contribution in [1.82, 2.24) is 0 Å². The molecule has 3 N–H and O–H groups in total. The molecular weight excluding hydrogens is 308 g/mol. The second-order valence-electron chi connectivity index (χ2n) is 5.61. The number of benzene rings is 1. The number of hydrogen-bond acceptors (Lipinski definition) is 3. The van der Waals surface area contributed by atoms with Crippen molar-refractivity contribution in [2.45, 2.75) is 26.7 Å². The van der Waals surface area contributed by atoms with Crippen LogP contribution < -0.4 is 11.1 Å². The van der Waals surface area contributed by atoms with Crippen molar-refractivity contribution in [1.29, 1.82) is 0 Å². The zero-order valence-electron chi connectivity index (χ0n) is 13.4. The Labute approximate surface area is 140 Å². The third-order valence-corrected chi connectivity index (χ3v) is 4.35. The SMILES string of the molecule is Cc1cc(C(N)=O)c(NC(=O)/C=C/c2ccc(C(C)C)cc2)s1. The summed E-state index contributed by atoms with van der Waals surface area (Å²) in [6.07, 6.45) is 3.19. The van der Waals surface area contributed by atoms with Gasteiger partial charge in [0.15, 0.2) is 0 Å². The number of nitrogens with one attached hydrogen (secondary N) is 1. The molecule has 1 aromatic heterocycles. The molecule has 0 aliphatic heterocycles. The Kier molecular flexibility index (Phi) is 5.34. The van der Waals surface area contributed by atoms with E-state index in [9.17, 15) is 9.59 Å². The number of nitrogens with two attached hydrogens (primary N) is 1. The van der Waals surface area contributed by atoms with Crippen LogP contribution in [0.4, 0.5) is 5.00 Å². The fourth-order valence-corrected chi connectivity index (χ4v) is 3.03. The van der Waals surface area contributed by atoms with Crippen molar-refractivity contribution < 1.29 is 9.59 Å². The summed E-state index contributed by atoms with van der Waals surface area (Å²) in [5.74, 6) is -0.356. The molecule has 0 saturated carbocycles. The number of aryl methyl sites for hydroxylation is 1. The average molecular weight is 328 g/mol. The normalized spacial score (nSPS) is 11.1. The molecule has 0 radical (unpaired) electrons. The van der Waals surface area contributed by atoms with Gasteiger partial charge in [-0.3, -0.25) is 9.59 Å². The van der Waals surface area contributed by atoms with Crippen molar-refractivity contribution in [3.63, 3.8) is 0 Å². The Morgan fingerprint density at radius 3 is 2.43 bits per heavy atom. The van der Waals surface area contributed by atoms with Crippen LogP contribution in [-0.2, 0) is 4.79 Å². The zero-order valence-corrected chi connectivity index (χ0v) is 14.2. The standard InChI is InChI=1S/C18H20N2O2S/c1-11(2)14-7-4-13(5-8-14)6-9-16(21)20-18-15(17(19)22)10-12(3)23-18/h4-11H,1-3H3,(H2,19,22)(H,20,21)/b9-6+. The number of amides is 2. The predicted octanol–water partition coefficient (Wildman–Crippen LogP) is 3.93. The molecule has 0 saturated heterocycles. The predicted molar refractivity (Wildman–Crippen MR) is 95.8 cm³/mol. The lowest BCUT2D eigenvalue weighted by Gasteiger charge is -2.04. The summed E-state index contributed by atoms with van der Waals surface area (Å²) in [5.41, 5.74) is 7.85. The second-order valence-corrected chi connectivity index (χ2v) is 6.86. The molecule has 120 valence electrons. The van der Waals surface area contributed by atoms with E-state index in [4.69, 9.17) is 5.73 Å². The fraction of sp³-hybridized carbons (Fsp3) is 0.222. The van der Waals surface area contributed by atoms with Gasteiger partial charge in [-0.15, -0.1) is 11.3 Å². The molecule has 0 spiro atoms. The topological polar surface area (TPSA) is 72.2 Å². The minimum Gasteiger partial charge on any atom is -0.366 e. The fourth-order valence-electron chi connectivity index (χ4n) is 2.11. The number of anilines is 1. The van der Waals surface area contributed by atoms with E-state index in [1.165, 1.54) is 23.0 Å². The molecular formula is C18H20N2O2S. The first-order chi connectivity index (χ1) is 10.9. The van der Waals surface area contributed by atoms with Gasteiger partial charge in [0.1, 0.15) is 5.00 Å². The molecule has 2 amide bonds. The molecule has 1 heterocycles. The van der Waals surface area contributed by atoms with Gasteiger partial charge in [-0.05, 0) is 36.1 Å². The first-order valence-corrected chi connectivity index (χ1v) is 8.17. The first-order valence-electron chi connectivity index (χ1n) is 7.36. The molecule has 0 fully saturated rings. The van der Waals surface area contributed by atoms with Gasteiger partial charge in [0.25, 0.3) is 5.91 Å². The quantitative estimate of drug-likeness (QED) is 0.816. The Hall–Kier alpha value is -2.40. The summed E-state index contributed by atoms with van der Waals surface area (Å²) < 4.78 is 0. The van der Waals surface area contributed by atoms with Gasteiger partial charge in [-0.2, -0.15) is 0 Å². The van der Waals surface area contributed by atoms with Gasteiger partial charge in [-0.1, -0.05) is 38.1 Å². The highest BCUT2D eigenvalue weighted by atomic mass is 32.1. The van der Waals surface area contributed by atoms with Gasteiger partial charge in [0, 0.05) is 11.0 Å².